The number of hydrogen-bond acceptors (Lipinski definition) is 1. The molecule has 0 aliphatic heterocycles. The molecule has 0 fully saturated rings. The third kappa shape index (κ3) is 1.86. The molecule has 0 radical (unpaired) electrons. The molecule has 0 saturated carbocycles. The highest BCUT2D eigenvalue weighted by Gasteiger charge is 2.41. The van der Waals surface area contributed by atoms with Crippen molar-refractivity contribution in [2.75, 3.05) is 0 Å². The SMILES string of the molecule is CC1=C[C@@H]2C(C(C)(C)O)=C[C@@H]1C[C@@H]2C(C)C. The van der Waals surface area contributed by atoms with Crippen LogP contribution >= 0.6 is 0 Å². The number of fused-ring (bicyclic) bond motifs is 1. The first kappa shape index (κ1) is 11.9. The van der Waals surface area contributed by atoms with Gasteiger partial charge in [-0.1, -0.05) is 31.6 Å². The summed E-state index contributed by atoms with van der Waals surface area (Å²) < 4.78 is 0. The maximum absolute atomic E-state index is 10.3. The molecule has 3 atom stereocenters. The lowest BCUT2D eigenvalue weighted by molar-refractivity contribution is 0.0903. The number of hydrogen-bond donors (Lipinski definition) is 1. The highest BCUT2D eigenvalue weighted by molar-refractivity contribution is 5.36. The van der Waals surface area contributed by atoms with E-state index in [1.54, 1.807) is 0 Å². The second kappa shape index (κ2) is 3.73. The molecule has 0 aromatic carbocycles. The van der Waals surface area contributed by atoms with Crippen molar-refractivity contribution < 1.29 is 5.11 Å². The van der Waals surface area contributed by atoms with Gasteiger partial charge in [0.25, 0.3) is 0 Å². The summed E-state index contributed by atoms with van der Waals surface area (Å²) in [6.45, 7) is 10.7. The van der Waals surface area contributed by atoms with Gasteiger partial charge >= 0.3 is 0 Å². The average molecular weight is 220 g/mol. The first-order valence-corrected chi connectivity index (χ1v) is 6.43. The molecule has 0 aromatic rings. The molecule has 1 heteroatoms. The Hall–Kier alpha value is -0.560. The van der Waals surface area contributed by atoms with Crippen LogP contribution in [0.3, 0.4) is 0 Å². The minimum atomic E-state index is -0.659. The molecular weight excluding hydrogens is 196 g/mol. The molecule has 0 saturated heterocycles. The van der Waals surface area contributed by atoms with Gasteiger partial charge in [-0.25, -0.2) is 0 Å². The molecule has 0 spiro atoms. The number of aliphatic hydroxyl groups is 1. The van der Waals surface area contributed by atoms with E-state index in [4.69, 9.17) is 0 Å². The Morgan fingerprint density at radius 3 is 2.38 bits per heavy atom. The van der Waals surface area contributed by atoms with E-state index in [0.717, 1.165) is 0 Å². The third-order valence-electron chi connectivity index (χ3n) is 4.32. The van der Waals surface area contributed by atoms with Gasteiger partial charge in [0.15, 0.2) is 0 Å². The van der Waals surface area contributed by atoms with Gasteiger partial charge in [-0.15, -0.1) is 0 Å². The van der Waals surface area contributed by atoms with Gasteiger partial charge in [0, 0.05) is 5.92 Å². The topological polar surface area (TPSA) is 20.2 Å². The van der Waals surface area contributed by atoms with Crippen molar-refractivity contribution in [3.63, 3.8) is 0 Å². The van der Waals surface area contributed by atoms with Crippen LogP contribution in [0.25, 0.3) is 0 Å². The molecule has 90 valence electrons. The Morgan fingerprint density at radius 2 is 1.94 bits per heavy atom. The summed E-state index contributed by atoms with van der Waals surface area (Å²) in [4.78, 5) is 0. The molecule has 3 rings (SSSR count). The Kier molecular flexibility index (Phi) is 2.78. The predicted octanol–water partition coefficient (Wildman–Crippen LogP) is 3.55. The van der Waals surface area contributed by atoms with Gasteiger partial charge in [-0.05, 0) is 50.5 Å². The zero-order valence-electron chi connectivity index (χ0n) is 11.1. The highest BCUT2D eigenvalue weighted by atomic mass is 16.3. The summed E-state index contributed by atoms with van der Waals surface area (Å²) >= 11 is 0. The summed E-state index contributed by atoms with van der Waals surface area (Å²) in [6.07, 6.45) is 5.98. The maximum Gasteiger partial charge on any atom is 0.0806 e. The summed E-state index contributed by atoms with van der Waals surface area (Å²) in [5.74, 6) is 2.44. The number of allylic oxidation sites excluding steroid dienone is 3. The second-order valence-corrected chi connectivity index (χ2v) is 6.37. The molecule has 3 aliphatic rings. The van der Waals surface area contributed by atoms with Crippen molar-refractivity contribution in [2.45, 2.75) is 46.6 Å². The van der Waals surface area contributed by atoms with E-state index in [9.17, 15) is 5.11 Å². The van der Waals surface area contributed by atoms with Crippen LogP contribution in [-0.4, -0.2) is 10.7 Å². The standard InChI is InChI=1S/C15H24O/c1-9(2)12-7-11-8-14(15(4,5)16)13(12)6-10(11)3/h6,8-9,11-13,16H,7H2,1-5H3/t11-,12+,13-/m0/s1. The fraction of sp³-hybridized carbons (Fsp3) is 0.733. The van der Waals surface area contributed by atoms with Gasteiger partial charge in [0.05, 0.1) is 5.60 Å². The maximum atomic E-state index is 10.3. The second-order valence-electron chi connectivity index (χ2n) is 6.37. The van der Waals surface area contributed by atoms with E-state index < -0.39 is 5.60 Å². The zero-order chi connectivity index (χ0) is 12.1. The van der Waals surface area contributed by atoms with E-state index in [1.165, 1.54) is 17.6 Å². The quantitative estimate of drug-likeness (QED) is 0.706. The van der Waals surface area contributed by atoms with Crippen molar-refractivity contribution in [2.24, 2.45) is 23.7 Å². The van der Waals surface area contributed by atoms with Crippen LogP contribution in [0.4, 0.5) is 0 Å². The van der Waals surface area contributed by atoms with Crippen molar-refractivity contribution in [1.29, 1.82) is 0 Å². The lowest BCUT2D eigenvalue weighted by Gasteiger charge is -2.45. The predicted molar refractivity (Wildman–Crippen MR) is 68.1 cm³/mol. The summed E-state index contributed by atoms with van der Waals surface area (Å²) in [6, 6.07) is 0. The Morgan fingerprint density at radius 1 is 1.31 bits per heavy atom. The molecule has 16 heavy (non-hydrogen) atoms. The monoisotopic (exact) mass is 220 g/mol. The average Bonchev–Trinajstić information content (AvgIpc) is 2.15. The molecule has 0 aromatic heterocycles. The molecule has 1 N–H and O–H groups in total. The third-order valence-corrected chi connectivity index (χ3v) is 4.32. The van der Waals surface area contributed by atoms with Crippen LogP contribution in [0.15, 0.2) is 23.3 Å². The number of rotatable bonds is 2. The van der Waals surface area contributed by atoms with Gasteiger partial charge in [0.1, 0.15) is 0 Å². The fourth-order valence-corrected chi connectivity index (χ4v) is 3.30. The molecule has 2 bridgehead atoms. The van der Waals surface area contributed by atoms with Crippen LogP contribution in [0, 0.1) is 23.7 Å². The van der Waals surface area contributed by atoms with Gasteiger partial charge in [0.2, 0.25) is 0 Å². The van der Waals surface area contributed by atoms with Crippen LogP contribution in [0.2, 0.25) is 0 Å². The summed E-state index contributed by atoms with van der Waals surface area (Å²) in [5, 5.41) is 10.3. The highest BCUT2D eigenvalue weighted by Crippen LogP contribution is 2.49. The van der Waals surface area contributed by atoms with Crippen molar-refractivity contribution >= 4 is 0 Å². The first-order chi connectivity index (χ1) is 7.30. The Labute approximate surface area is 99.3 Å². The zero-order valence-corrected chi connectivity index (χ0v) is 11.1. The van der Waals surface area contributed by atoms with Crippen LogP contribution in [0.5, 0.6) is 0 Å². The molecular formula is C15H24O. The largest absolute Gasteiger partial charge is 0.386 e. The van der Waals surface area contributed by atoms with Gasteiger partial charge in [-0.3, -0.25) is 0 Å². The fourth-order valence-electron chi connectivity index (χ4n) is 3.30. The van der Waals surface area contributed by atoms with Crippen LogP contribution in [0.1, 0.15) is 41.0 Å². The van der Waals surface area contributed by atoms with Crippen molar-refractivity contribution in [1.82, 2.24) is 0 Å². The molecule has 0 unspecified atom stereocenters. The van der Waals surface area contributed by atoms with Gasteiger partial charge < -0.3 is 5.11 Å². The first-order valence-electron chi connectivity index (χ1n) is 6.43. The van der Waals surface area contributed by atoms with Gasteiger partial charge in [-0.2, -0.15) is 0 Å². The Bertz CT molecular complexity index is 341. The minimum absolute atomic E-state index is 0.463. The molecule has 0 amide bonds. The Balaban J connectivity index is 2.36. The molecule has 3 aliphatic carbocycles. The van der Waals surface area contributed by atoms with Crippen LogP contribution < -0.4 is 0 Å². The van der Waals surface area contributed by atoms with E-state index >= 15 is 0 Å². The lowest BCUT2D eigenvalue weighted by atomic mass is 9.61. The van der Waals surface area contributed by atoms with Crippen molar-refractivity contribution in [3.8, 4) is 0 Å². The minimum Gasteiger partial charge on any atom is -0.386 e. The van der Waals surface area contributed by atoms with Crippen LogP contribution in [-0.2, 0) is 0 Å². The molecule has 0 heterocycles. The van der Waals surface area contributed by atoms with E-state index in [1.807, 2.05) is 13.8 Å². The normalized spacial score (nSPS) is 34.1. The van der Waals surface area contributed by atoms with E-state index in [2.05, 4.69) is 32.9 Å². The van der Waals surface area contributed by atoms with E-state index in [0.29, 0.717) is 23.7 Å². The lowest BCUT2D eigenvalue weighted by Crippen LogP contribution is -2.39. The summed E-state index contributed by atoms with van der Waals surface area (Å²) in [5.41, 5.74) is 2.08. The smallest absolute Gasteiger partial charge is 0.0806 e. The molecule has 1 nitrogen and oxygen atoms in total. The summed E-state index contributed by atoms with van der Waals surface area (Å²) in [7, 11) is 0. The van der Waals surface area contributed by atoms with Crippen molar-refractivity contribution in [3.05, 3.63) is 23.3 Å². The van der Waals surface area contributed by atoms with E-state index in [-0.39, 0.29) is 0 Å².